The number of aromatic nitrogens is 1. The average molecular weight is 282 g/mol. The molecule has 3 aromatic rings. The van der Waals surface area contributed by atoms with Crippen LogP contribution in [0.2, 0.25) is 0 Å². The maximum atomic E-state index is 10.8. The van der Waals surface area contributed by atoms with Crippen LogP contribution in [0.25, 0.3) is 11.0 Å². The highest BCUT2D eigenvalue weighted by atomic mass is 16.4. The molecule has 0 aliphatic rings. The second kappa shape index (κ2) is 5.66. The largest absolute Gasteiger partial charge is 0.478 e. The number of aromatic carboxylic acids is 1. The SMILES string of the molecule is O=C(O)c1ccc(CCNc2nccc3occc23)cc1. The average Bonchev–Trinajstić information content (AvgIpc) is 2.97. The van der Waals surface area contributed by atoms with Crippen LogP contribution in [0.5, 0.6) is 0 Å². The van der Waals surface area contributed by atoms with Crippen molar-refractivity contribution >= 4 is 22.8 Å². The van der Waals surface area contributed by atoms with Gasteiger partial charge < -0.3 is 14.8 Å². The molecule has 0 saturated carbocycles. The third kappa shape index (κ3) is 2.86. The highest BCUT2D eigenvalue weighted by Crippen LogP contribution is 2.21. The quantitative estimate of drug-likeness (QED) is 0.751. The number of benzene rings is 1. The molecule has 0 radical (unpaired) electrons. The van der Waals surface area contributed by atoms with Crippen molar-refractivity contribution in [3.8, 4) is 0 Å². The van der Waals surface area contributed by atoms with Crippen LogP contribution in [0.3, 0.4) is 0 Å². The van der Waals surface area contributed by atoms with E-state index in [-0.39, 0.29) is 0 Å². The first-order chi connectivity index (χ1) is 10.2. The summed E-state index contributed by atoms with van der Waals surface area (Å²) in [6.45, 7) is 0.712. The molecule has 2 aromatic heterocycles. The van der Waals surface area contributed by atoms with E-state index in [0.717, 1.165) is 28.8 Å². The Balaban J connectivity index is 1.63. The molecule has 0 aliphatic carbocycles. The predicted molar refractivity (Wildman–Crippen MR) is 79.6 cm³/mol. The Morgan fingerprint density at radius 3 is 2.76 bits per heavy atom. The van der Waals surface area contributed by atoms with Crippen molar-refractivity contribution in [2.24, 2.45) is 0 Å². The summed E-state index contributed by atoms with van der Waals surface area (Å²) in [5.74, 6) is -0.112. The van der Waals surface area contributed by atoms with Gasteiger partial charge in [0.25, 0.3) is 0 Å². The van der Waals surface area contributed by atoms with Gasteiger partial charge in [0.05, 0.1) is 17.2 Å². The topological polar surface area (TPSA) is 75.4 Å². The summed E-state index contributed by atoms with van der Waals surface area (Å²) in [6.07, 6.45) is 4.13. The van der Waals surface area contributed by atoms with Gasteiger partial charge in [0.1, 0.15) is 11.4 Å². The number of carboxylic acid groups (broad SMARTS) is 1. The number of anilines is 1. The number of nitrogens with zero attached hydrogens (tertiary/aromatic N) is 1. The van der Waals surface area contributed by atoms with Gasteiger partial charge in [-0.3, -0.25) is 0 Å². The molecular weight excluding hydrogens is 268 g/mol. The van der Waals surface area contributed by atoms with Gasteiger partial charge in [-0.1, -0.05) is 12.1 Å². The second-order valence-corrected chi connectivity index (χ2v) is 4.67. The number of nitrogens with one attached hydrogen (secondary N) is 1. The van der Waals surface area contributed by atoms with E-state index in [1.807, 2.05) is 24.3 Å². The Hall–Kier alpha value is -2.82. The van der Waals surface area contributed by atoms with Gasteiger partial charge in [-0.25, -0.2) is 9.78 Å². The third-order valence-electron chi connectivity index (χ3n) is 3.29. The monoisotopic (exact) mass is 282 g/mol. The van der Waals surface area contributed by atoms with E-state index in [4.69, 9.17) is 9.52 Å². The van der Waals surface area contributed by atoms with Crippen molar-refractivity contribution in [2.75, 3.05) is 11.9 Å². The second-order valence-electron chi connectivity index (χ2n) is 4.67. The summed E-state index contributed by atoms with van der Waals surface area (Å²) in [4.78, 5) is 15.1. The lowest BCUT2D eigenvalue weighted by Crippen LogP contribution is -2.06. The molecule has 0 saturated heterocycles. The van der Waals surface area contributed by atoms with Crippen molar-refractivity contribution in [1.82, 2.24) is 4.98 Å². The summed E-state index contributed by atoms with van der Waals surface area (Å²) in [5, 5.41) is 13.1. The van der Waals surface area contributed by atoms with Gasteiger partial charge in [-0.05, 0) is 36.2 Å². The van der Waals surface area contributed by atoms with Crippen LogP contribution in [-0.2, 0) is 6.42 Å². The molecule has 2 heterocycles. The van der Waals surface area contributed by atoms with Crippen LogP contribution < -0.4 is 5.32 Å². The molecule has 2 N–H and O–H groups in total. The number of carbonyl (C=O) groups is 1. The van der Waals surface area contributed by atoms with E-state index in [1.54, 1.807) is 24.6 Å². The maximum absolute atomic E-state index is 10.8. The highest BCUT2D eigenvalue weighted by molar-refractivity contribution is 5.88. The maximum Gasteiger partial charge on any atom is 0.335 e. The standard InChI is InChI=1S/C16H14N2O3/c19-16(20)12-3-1-11(2-4-12)5-8-17-15-13-7-10-21-14(13)6-9-18-15/h1-4,6-7,9-10H,5,8H2,(H,17,18)(H,19,20). The molecule has 0 bridgehead atoms. The molecule has 0 fully saturated rings. The van der Waals surface area contributed by atoms with Crippen molar-refractivity contribution in [3.05, 3.63) is 60.0 Å². The summed E-state index contributed by atoms with van der Waals surface area (Å²) in [7, 11) is 0. The highest BCUT2D eigenvalue weighted by Gasteiger charge is 2.05. The van der Waals surface area contributed by atoms with Gasteiger partial charge >= 0.3 is 5.97 Å². The molecule has 5 heteroatoms. The van der Waals surface area contributed by atoms with E-state index in [1.165, 1.54) is 0 Å². The zero-order chi connectivity index (χ0) is 14.7. The molecule has 0 atom stereocenters. The Morgan fingerprint density at radius 1 is 1.19 bits per heavy atom. The lowest BCUT2D eigenvalue weighted by Gasteiger charge is -2.06. The fourth-order valence-electron chi connectivity index (χ4n) is 2.17. The van der Waals surface area contributed by atoms with Crippen LogP contribution in [0.15, 0.2) is 53.3 Å². The van der Waals surface area contributed by atoms with Crippen molar-refractivity contribution in [3.63, 3.8) is 0 Å². The summed E-state index contributed by atoms with van der Waals surface area (Å²) in [6, 6.07) is 10.6. The van der Waals surface area contributed by atoms with E-state index in [9.17, 15) is 4.79 Å². The van der Waals surface area contributed by atoms with Crippen molar-refractivity contribution < 1.29 is 14.3 Å². The molecule has 106 valence electrons. The minimum atomic E-state index is -0.907. The minimum absolute atomic E-state index is 0.302. The lowest BCUT2D eigenvalue weighted by atomic mass is 10.1. The van der Waals surface area contributed by atoms with Gasteiger partial charge in [0, 0.05) is 12.7 Å². The molecule has 21 heavy (non-hydrogen) atoms. The number of furan rings is 1. The summed E-state index contributed by atoms with van der Waals surface area (Å²) >= 11 is 0. The number of pyridine rings is 1. The number of fused-ring (bicyclic) bond motifs is 1. The molecule has 3 rings (SSSR count). The van der Waals surface area contributed by atoms with Crippen molar-refractivity contribution in [1.29, 1.82) is 0 Å². The van der Waals surface area contributed by atoms with Crippen LogP contribution in [0.1, 0.15) is 15.9 Å². The number of hydrogen-bond acceptors (Lipinski definition) is 4. The van der Waals surface area contributed by atoms with E-state index < -0.39 is 5.97 Å². The third-order valence-corrected chi connectivity index (χ3v) is 3.29. The fourth-order valence-corrected chi connectivity index (χ4v) is 2.17. The minimum Gasteiger partial charge on any atom is -0.478 e. The van der Waals surface area contributed by atoms with E-state index in [2.05, 4.69) is 10.3 Å². The zero-order valence-corrected chi connectivity index (χ0v) is 11.2. The zero-order valence-electron chi connectivity index (χ0n) is 11.2. The first-order valence-electron chi connectivity index (χ1n) is 6.62. The lowest BCUT2D eigenvalue weighted by molar-refractivity contribution is 0.0697. The molecular formula is C16H14N2O3. The Labute approximate surface area is 121 Å². The van der Waals surface area contributed by atoms with Crippen LogP contribution in [0, 0.1) is 0 Å². The smallest absolute Gasteiger partial charge is 0.335 e. The molecule has 0 spiro atoms. The first kappa shape index (κ1) is 13.2. The molecule has 0 unspecified atom stereocenters. The van der Waals surface area contributed by atoms with Crippen LogP contribution >= 0.6 is 0 Å². The molecule has 0 aliphatic heterocycles. The van der Waals surface area contributed by atoms with Crippen molar-refractivity contribution in [2.45, 2.75) is 6.42 Å². The fraction of sp³-hybridized carbons (Fsp3) is 0.125. The molecule has 5 nitrogen and oxygen atoms in total. The predicted octanol–water partition coefficient (Wildman–Crippen LogP) is 3.18. The molecule has 1 aromatic carbocycles. The van der Waals surface area contributed by atoms with Crippen LogP contribution in [0.4, 0.5) is 5.82 Å². The number of rotatable bonds is 5. The normalized spacial score (nSPS) is 10.7. The Kier molecular flexibility index (Phi) is 3.55. The number of hydrogen-bond donors (Lipinski definition) is 2. The van der Waals surface area contributed by atoms with Crippen LogP contribution in [-0.4, -0.2) is 22.6 Å². The Bertz CT molecular complexity index is 763. The van der Waals surface area contributed by atoms with E-state index in [0.29, 0.717) is 12.1 Å². The Morgan fingerprint density at radius 2 is 2.00 bits per heavy atom. The van der Waals surface area contributed by atoms with Gasteiger partial charge in [0.2, 0.25) is 0 Å². The summed E-state index contributed by atoms with van der Waals surface area (Å²) < 4.78 is 5.32. The first-order valence-corrected chi connectivity index (χ1v) is 6.62. The van der Waals surface area contributed by atoms with Gasteiger partial charge in [-0.2, -0.15) is 0 Å². The number of carboxylic acids is 1. The summed E-state index contributed by atoms with van der Waals surface area (Å²) in [5.41, 5.74) is 2.18. The van der Waals surface area contributed by atoms with Gasteiger partial charge in [0.15, 0.2) is 0 Å². The molecule has 0 amide bonds. The van der Waals surface area contributed by atoms with Gasteiger partial charge in [-0.15, -0.1) is 0 Å². The van der Waals surface area contributed by atoms with E-state index >= 15 is 0 Å².